The molecule has 0 aliphatic carbocycles. The van der Waals surface area contributed by atoms with Crippen molar-refractivity contribution in [3.63, 3.8) is 0 Å². The second kappa shape index (κ2) is 4.07. The molecule has 1 aromatic rings. The van der Waals surface area contributed by atoms with Gasteiger partial charge in [-0.3, -0.25) is 0 Å². The first-order chi connectivity index (χ1) is 5.75. The van der Waals surface area contributed by atoms with Gasteiger partial charge in [0.15, 0.2) is 0 Å². The second-order valence-corrected chi connectivity index (χ2v) is 2.59. The molecule has 1 aromatic carbocycles. The van der Waals surface area contributed by atoms with Crippen LogP contribution in [-0.2, 0) is 12.6 Å². The summed E-state index contributed by atoms with van der Waals surface area (Å²) in [5.41, 5.74) is 0.467. The Kier molecular flexibility index (Phi) is 3.05. The first-order valence-electron chi connectivity index (χ1n) is 3.69. The first-order valence-corrected chi connectivity index (χ1v) is 4.09. The summed E-state index contributed by atoms with van der Waals surface area (Å²) in [5, 5.41) is -0.376. The van der Waals surface area contributed by atoms with Crippen LogP contribution in [0, 0.1) is 0 Å². The van der Waals surface area contributed by atoms with Gasteiger partial charge in [0.2, 0.25) is 0 Å². The third kappa shape index (κ3) is 1.95. The van der Waals surface area contributed by atoms with Gasteiger partial charge in [-0.05, 0) is 19.1 Å². The van der Waals surface area contributed by atoms with Crippen LogP contribution in [0.2, 0.25) is 0 Å². The molecule has 0 N–H and O–H groups in total. The molecule has 0 saturated carbocycles. The number of rotatable bonds is 3. The van der Waals surface area contributed by atoms with Crippen LogP contribution in [0.5, 0.6) is 5.75 Å². The molecule has 0 atom stereocenters. The fourth-order valence-corrected chi connectivity index (χ4v) is 1.09. The third-order valence-electron chi connectivity index (χ3n) is 1.41. The fraction of sp³-hybridized carbons (Fsp3) is 0.222. The number of carbonyl (C=O) groups is 1. The maximum atomic E-state index is 10.9. The van der Waals surface area contributed by atoms with Gasteiger partial charge < -0.3 is 22.2 Å². The molecule has 0 saturated heterocycles. The lowest BCUT2D eigenvalue weighted by Gasteiger charge is -2.10. The Hall–Kier alpha value is -1.09. The van der Waals surface area contributed by atoms with Crippen molar-refractivity contribution in [1.29, 1.82) is 0 Å². The zero-order valence-electron chi connectivity index (χ0n) is 6.74. The molecule has 0 radical (unpaired) electrons. The van der Waals surface area contributed by atoms with Crippen LogP contribution in [0.15, 0.2) is 24.3 Å². The zero-order valence-corrected chi connectivity index (χ0v) is 7.56. The number of carbonyl (C=O) groups excluding carboxylic acids is 1. The topological polar surface area (TPSA) is 26.3 Å². The SMILES string of the molecule is CCOc1ccccc1C(=O)[S-]. The summed E-state index contributed by atoms with van der Waals surface area (Å²) in [5.74, 6) is 0.569. The summed E-state index contributed by atoms with van der Waals surface area (Å²) >= 11 is 4.53. The fourth-order valence-electron chi connectivity index (χ4n) is 0.917. The Labute approximate surface area is 77.0 Å². The van der Waals surface area contributed by atoms with E-state index in [1.807, 2.05) is 13.0 Å². The van der Waals surface area contributed by atoms with Gasteiger partial charge in [-0.15, -0.1) is 0 Å². The lowest BCUT2D eigenvalue weighted by molar-refractivity contribution is 0.108. The molecule has 0 bridgehead atoms. The molecule has 0 heterocycles. The Balaban J connectivity index is 3.00. The standard InChI is InChI=1S/C9H10O2S/c1-2-11-8-6-4-3-5-7(8)9(10)12/h3-6H,2H2,1H3,(H,10,12)/p-1. The van der Waals surface area contributed by atoms with E-state index in [-0.39, 0.29) is 5.12 Å². The predicted octanol–water partition coefficient (Wildman–Crippen LogP) is 1.77. The van der Waals surface area contributed by atoms with Gasteiger partial charge in [-0.2, -0.15) is 0 Å². The number of benzene rings is 1. The van der Waals surface area contributed by atoms with Crippen LogP contribution in [0.3, 0.4) is 0 Å². The van der Waals surface area contributed by atoms with Gasteiger partial charge in [0, 0.05) is 10.7 Å². The van der Waals surface area contributed by atoms with Crippen LogP contribution in [0.1, 0.15) is 17.3 Å². The van der Waals surface area contributed by atoms with Crippen molar-refractivity contribution >= 4 is 17.7 Å². The van der Waals surface area contributed by atoms with E-state index in [1.54, 1.807) is 18.2 Å². The quantitative estimate of drug-likeness (QED) is 0.665. The van der Waals surface area contributed by atoms with Crippen LogP contribution in [-0.4, -0.2) is 11.7 Å². The molecule has 0 aliphatic heterocycles. The molecule has 0 spiro atoms. The minimum Gasteiger partial charge on any atom is -0.737 e. The molecule has 0 amide bonds. The monoisotopic (exact) mass is 181 g/mol. The Morgan fingerprint density at radius 3 is 2.75 bits per heavy atom. The van der Waals surface area contributed by atoms with Crippen molar-refractivity contribution in [1.82, 2.24) is 0 Å². The minimum atomic E-state index is -0.376. The highest BCUT2D eigenvalue weighted by molar-refractivity contribution is 7.77. The Morgan fingerprint density at radius 1 is 1.50 bits per heavy atom. The zero-order chi connectivity index (χ0) is 8.97. The summed E-state index contributed by atoms with van der Waals surface area (Å²) in [4.78, 5) is 10.9. The van der Waals surface area contributed by atoms with Crippen molar-refractivity contribution in [3.8, 4) is 5.75 Å². The smallest absolute Gasteiger partial charge is 0.128 e. The number of hydrogen-bond acceptors (Lipinski definition) is 3. The van der Waals surface area contributed by atoms with E-state index in [1.165, 1.54) is 0 Å². The molecular weight excluding hydrogens is 172 g/mol. The van der Waals surface area contributed by atoms with E-state index >= 15 is 0 Å². The number of hydrogen-bond donors (Lipinski definition) is 0. The highest BCUT2D eigenvalue weighted by Gasteiger charge is 2.00. The molecule has 0 fully saturated rings. The molecular formula is C9H9O2S-. The van der Waals surface area contributed by atoms with E-state index in [2.05, 4.69) is 12.6 Å². The van der Waals surface area contributed by atoms with Gasteiger partial charge in [0.25, 0.3) is 0 Å². The molecule has 0 aliphatic rings. The normalized spacial score (nSPS) is 9.42. The van der Waals surface area contributed by atoms with Gasteiger partial charge >= 0.3 is 0 Å². The van der Waals surface area contributed by atoms with Gasteiger partial charge in [0.1, 0.15) is 5.75 Å². The van der Waals surface area contributed by atoms with Crippen LogP contribution < -0.4 is 4.74 Å². The molecule has 64 valence electrons. The van der Waals surface area contributed by atoms with E-state index < -0.39 is 0 Å². The minimum absolute atomic E-state index is 0.376. The molecule has 0 unspecified atom stereocenters. The Bertz CT molecular complexity index is 284. The molecule has 0 aromatic heterocycles. The largest absolute Gasteiger partial charge is 0.737 e. The maximum Gasteiger partial charge on any atom is 0.128 e. The van der Waals surface area contributed by atoms with Crippen molar-refractivity contribution in [2.24, 2.45) is 0 Å². The average Bonchev–Trinajstić information content (AvgIpc) is 2.05. The molecule has 3 heteroatoms. The Morgan fingerprint density at radius 2 is 2.17 bits per heavy atom. The third-order valence-corrected chi connectivity index (χ3v) is 1.63. The second-order valence-electron chi connectivity index (χ2n) is 2.22. The molecule has 1 rings (SSSR count). The van der Waals surface area contributed by atoms with Crippen LogP contribution >= 0.6 is 0 Å². The highest BCUT2D eigenvalue weighted by atomic mass is 32.1. The maximum absolute atomic E-state index is 10.9. The summed E-state index contributed by atoms with van der Waals surface area (Å²) in [7, 11) is 0. The summed E-state index contributed by atoms with van der Waals surface area (Å²) < 4.78 is 5.21. The molecule has 2 nitrogen and oxygen atoms in total. The van der Waals surface area contributed by atoms with Crippen LogP contribution in [0.25, 0.3) is 0 Å². The van der Waals surface area contributed by atoms with E-state index in [9.17, 15) is 4.79 Å². The number of para-hydroxylation sites is 1. The lowest BCUT2D eigenvalue weighted by Crippen LogP contribution is -2.00. The summed E-state index contributed by atoms with van der Waals surface area (Å²) in [6.45, 7) is 2.41. The predicted molar refractivity (Wildman–Crippen MR) is 49.3 cm³/mol. The van der Waals surface area contributed by atoms with Crippen LogP contribution in [0.4, 0.5) is 0 Å². The summed E-state index contributed by atoms with van der Waals surface area (Å²) in [6.07, 6.45) is 0. The number of ether oxygens (including phenoxy) is 1. The van der Waals surface area contributed by atoms with E-state index in [0.717, 1.165) is 0 Å². The van der Waals surface area contributed by atoms with Gasteiger partial charge in [-0.25, -0.2) is 0 Å². The highest BCUT2D eigenvalue weighted by Crippen LogP contribution is 2.17. The first kappa shape index (κ1) is 9.00. The van der Waals surface area contributed by atoms with Crippen molar-refractivity contribution in [2.45, 2.75) is 6.92 Å². The van der Waals surface area contributed by atoms with Gasteiger partial charge in [0.05, 0.1) is 6.61 Å². The average molecular weight is 181 g/mol. The molecule has 12 heavy (non-hydrogen) atoms. The van der Waals surface area contributed by atoms with E-state index in [4.69, 9.17) is 4.74 Å². The van der Waals surface area contributed by atoms with E-state index in [0.29, 0.717) is 17.9 Å². The lowest BCUT2D eigenvalue weighted by atomic mass is 10.2. The van der Waals surface area contributed by atoms with Crippen molar-refractivity contribution in [3.05, 3.63) is 29.8 Å². The van der Waals surface area contributed by atoms with Crippen molar-refractivity contribution < 1.29 is 9.53 Å². The van der Waals surface area contributed by atoms with Gasteiger partial charge in [-0.1, -0.05) is 12.1 Å². The summed E-state index contributed by atoms with van der Waals surface area (Å²) in [6, 6.07) is 6.98. The van der Waals surface area contributed by atoms with Crippen molar-refractivity contribution in [2.75, 3.05) is 6.61 Å².